The van der Waals surface area contributed by atoms with E-state index >= 15 is 0 Å². The van der Waals surface area contributed by atoms with Gasteiger partial charge < -0.3 is 0 Å². The molecule has 504 valence electrons. The molecule has 9 N–H and O–H groups in total. The molecule has 0 saturated carbocycles. The van der Waals surface area contributed by atoms with E-state index in [1.165, 1.54) is 250 Å². The molecular weight excluding hydrogens is 1200 g/mol. The van der Waals surface area contributed by atoms with E-state index in [2.05, 4.69) is 20.8 Å². The van der Waals surface area contributed by atoms with Gasteiger partial charge in [-0.15, -0.1) is 0 Å². The van der Waals surface area contributed by atoms with E-state index in [-0.39, 0.29) is 21.1 Å². The van der Waals surface area contributed by atoms with Gasteiger partial charge in [0.15, 0.2) is 0 Å². The van der Waals surface area contributed by atoms with Crippen LogP contribution in [0.1, 0.15) is 310 Å². The summed E-state index contributed by atoms with van der Waals surface area (Å²) >= 11 is 0. The Bertz CT molecular complexity index is 1000. The second-order valence-electron chi connectivity index (χ2n) is 21.6. The Balaban J connectivity index is -0.000000553. The summed E-state index contributed by atoms with van der Waals surface area (Å²) in [4.78, 5) is 0. The fourth-order valence-corrected chi connectivity index (χ4v) is 13.6. The van der Waals surface area contributed by atoms with Crippen molar-refractivity contribution in [3.63, 3.8) is 0 Å². The molecule has 0 radical (unpaired) electrons. The maximum absolute atomic E-state index is 9.33. The minimum atomic E-state index is -3.32. The molecule has 0 spiro atoms. The van der Waals surface area contributed by atoms with Crippen LogP contribution in [0.3, 0.4) is 0 Å². The molecule has 0 aromatic carbocycles. The van der Waals surface area contributed by atoms with Gasteiger partial charge in [-0.3, -0.25) is 0 Å². The zero-order valence-electron chi connectivity index (χ0n) is 52.9. The molecule has 0 atom stereocenters. The van der Waals surface area contributed by atoms with Crippen molar-refractivity contribution in [3.8, 4) is 0 Å². The van der Waals surface area contributed by atoms with Crippen LogP contribution in [0.4, 0.5) is 0 Å². The molecule has 0 bridgehead atoms. The smallest absolute Gasteiger partial charge is 0 e. The maximum atomic E-state index is 9.33. The minimum absolute atomic E-state index is 0. The average Bonchev–Trinajstić information content (AvgIpc) is 3.47. The van der Waals surface area contributed by atoms with E-state index < -0.39 is 83.6 Å². The summed E-state index contributed by atoms with van der Waals surface area (Å²) < 4.78 is 46.4. The predicted octanol–water partition coefficient (Wildman–Crippen LogP) is 15.8. The van der Waals surface area contributed by atoms with E-state index in [1.54, 1.807) is 0 Å². The molecule has 18 nitrogen and oxygen atoms in total. The molecule has 0 aromatic rings. The molecule has 22 heteroatoms. The van der Waals surface area contributed by atoms with Gasteiger partial charge >= 0.3 is 383 Å². The SMILES string of the molecule is CCCCCCCCCCCCCCCCCO[PH](CO)(OCO)OCO.CCCCCCCCCCCCCCCCCO[PH](CO)(OCO)OCO.CCCCCCCCCCCCCCCCCO[PH](CO)(OCO)OCO.[Mo]. The number of hydrogen-bond acceptors (Lipinski definition) is 18. The van der Waals surface area contributed by atoms with Crippen molar-refractivity contribution in [2.45, 2.75) is 310 Å². The Morgan fingerprint density at radius 2 is 0.305 bits per heavy atom. The number of hydrogen-bond donors (Lipinski definition) is 9. The Hall–Kier alpha value is 1.26. The van der Waals surface area contributed by atoms with Gasteiger partial charge in [0.05, 0.1) is 0 Å². The molecule has 0 heterocycles. The average molecular weight is 1330 g/mol. The van der Waals surface area contributed by atoms with Crippen LogP contribution in [0.2, 0.25) is 0 Å². The summed E-state index contributed by atoms with van der Waals surface area (Å²) in [5.74, 6) is 0. The minimum Gasteiger partial charge on any atom is 0 e. The standard InChI is InChI=1S/3C20H45O6P.Mo/c3*1-2-3-4-5-6-7-8-9-10-11-12-13-14-15-16-17-24-27(20-23,25-18-21)26-19-22;/h3*21-23,27H,2-20H2,1H3;. The summed E-state index contributed by atoms with van der Waals surface area (Å²) in [5, 5.41) is 81.1. The fraction of sp³-hybridized carbons (Fsp3) is 1.00. The molecule has 0 fully saturated rings. The number of aliphatic hydroxyl groups is 9. The summed E-state index contributed by atoms with van der Waals surface area (Å²) in [6.45, 7) is 4.46. The third-order valence-corrected chi connectivity index (χ3v) is 21.0. The van der Waals surface area contributed by atoms with Gasteiger partial charge in [-0.25, -0.2) is 0 Å². The third-order valence-electron chi connectivity index (χ3n) is 14.5. The van der Waals surface area contributed by atoms with Crippen LogP contribution in [-0.4, -0.2) is 126 Å². The van der Waals surface area contributed by atoms with Crippen LogP contribution in [0.15, 0.2) is 0 Å². The van der Waals surface area contributed by atoms with Gasteiger partial charge in [0.2, 0.25) is 0 Å². The van der Waals surface area contributed by atoms with Crippen molar-refractivity contribution in [2.24, 2.45) is 0 Å². The van der Waals surface area contributed by atoms with E-state index in [9.17, 15) is 15.3 Å². The normalized spacial score (nSPS) is 12.4. The van der Waals surface area contributed by atoms with Crippen molar-refractivity contribution in [1.82, 2.24) is 0 Å². The van der Waals surface area contributed by atoms with Gasteiger partial charge in [-0.05, 0) is 0 Å². The van der Waals surface area contributed by atoms with Crippen LogP contribution in [0.25, 0.3) is 0 Å². The molecule has 0 aliphatic rings. The monoisotopic (exact) mass is 1330 g/mol. The van der Waals surface area contributed by atoms with Crippen molar-refractivity contribution in [2.75, 3.05) is 79.6 Å². The van der Waals surface area contributed by atoms with Gasteiger partial charge in [-0.2, -0.15) is 0 Å². The zero-order valence-corrected chi connectivity index (χ0v) is 57.9. The maximum Gasteiger partial charge on any atom is 0 e. The summed E-state index contributed by atoms with van der Waals surface area (Å²) in [6.07, 6.45) is 57.1. The van der Waals surface area contributed by atoms with E-state index in [0.717, 1.165) is 38.5 Å². The topological polar surface area (TPSA) is 265 Å². The second kappa shape index (κ2) is 74.7. The number of aliphatic hydroxyl groups excluding tert-OH is 9. The molecular formula is C60H135MoO18P3. The van der Waals surface area contributed by atoms with Crippen LogP contribution in [0.5, 0.6) is 0 Å². The largest absolute Gasteiger partial charge is 0 e. The summed E-state index contributed by atoms with van der Waals surface area (Å²) in [6, 6.07) is 0. The Labute approximate surface area is 518 Å². The van der Waals surface area contributed by atoms with Gasteiger partial charge in [0, 0.05) is 21.1 Å². The van der Waals surface area contributed by atoms with Crippen LogP contribution >= 0.6 is 23.8 Å². The van der Waals surface area contributed by atoms with Crippen molar-refractivity contribution >= 4 is 23.8 Å². The van der Waals surface area contributed by atoms with Crippen LogP contribution < -0.4 is 0 Å². The van der Waals surface area contributed by atoms with Gasteiger partial charge in [-0.1, -0.05) is 117 Å². The van der Waals surface area contributed by atoms with E-state index in [4.69, 9.17) is 71.4 Å². The Kier molecular flexibility index (Phi) is 81.7. The Morgan fingerprint density at radius 1 is 0.183 bits per heavy atom. The first-order valence-electron chi connectivity index (χ1n) is 33.0. The molecule has 82 heavy (non-hydrogen) atoms. The predicted molar refractivity (Wildman–Crippen MR) is 338 cm³/mol. The fourth-order valence-electron chi connectivity index (χ4n) is 9.48. The number of rotatable bonds is 66. The summed E-state index contributed by atoms with van der Waals surface area (Å²) in [7, 11) is -9.96. The van der Waals surface area contributed by atoms with Gasteiger partial charge in [0.1, 0.15) is 0 Å². The molecule has 0 amide bonds. The van der Waals surface area contributed by atoms with Crippen molar-refractivity contribution < 1.29 is 108 Å². The molecule has 0 aromatic heterocycles. The van der Waals surface area contributed by atoms with E-state index in [1.807, 2.05) is 0 Å². The van der Waals surface area contributed by atoms with E-state index in [0.29, 0.717) is 19.8 Å². The second-order valence-corrected chi connectivity index (χ2v) is 29.2. The quantitative estimate of drug-likeness (QED) is 0.0119. The molecule has 0 aliphatic heterocycles. The first-order valence-corrected chi connectivity index (χ1v) is 38.8. The first-order chi connectivity index (χ1) is 39.7. The van der Waals surface area contributed by atoms with Crippen molar-refractivity contribution in [3.05, 3.63) is 0 Å². The molecule has 0 saturated heterocycles. The molecule has 0 unspecified atom stereocenters. The Morgan fingerprint density at radius 3 is 0.415 bits per heavy atom. The molecule has 0 rings (SSSR count). The van der Waals surface area contributed by atoms with Crippen LogP contribution in [0, 0.1) is 0 Å². The third kappa shape index (κ3) is 62.8. The summed E-state index contributed by atoms with van der Waals surface area (Å²) in [5.41, 5.74) is 0. The molecule has 0 aliphatic carbocycles. The zero-order chi connectivity index (χ0) is 60.2. The first kappa shape index (κ1) is 89.7. The van der Waals surface area contributed by atoms with Gasteiger partial charge in [0.25, 0.3) is 0 Å². The van der Waals surface area contributed by atoms with Crippen LogP contribution in [-0.2, 0) is 61.8 Å². The number of unbranched alkanes of at least 4 members (excludes halogenated alkanes) is 42. The van der Waals surface area contributed by atoms with Crippen molar-refractivity contribution in [1.29, 1.82) is 0 Å².